The Balaban J connectivity index is 1.83. The number of nitrogens with zero attached hydrogens (tertiary/aromatic N) is 2. The number of morpholine rings is 1. The van der Waals surface area contributed by atoms with E-state index in [1.54, 1.807) is 4.90 Å². The fourth-order valence-electron chi connectivity index (χ4n) is 2.34. The molecule has 0 atom stereocenters. The fourth-order valence-corrected chi connectivity index (χ4v) is 3.74. The maximum atomic E-state index is 12.1. The van der Waals surface area contributed by atoms with Gasteiger partial charge in [0.05, 0.1) is 19.0 Å². The van der Waals surface area contributed by atoms with Gasteiger partial charge in [0.15, 0.2) is 0 Å². The van der Waals surface area contributed by atoms with Crippen LogP contribution in [0.3, 0.4) is 0 Å². The Kier molecular flexibility index (Phi) is 5.54. The quantitative estimate of drug-likeness (QED) is 0.672. The number of ether oxygens (including phenoxy) is 1. The Morgan fingerprint density at radius 2 is 1.90 bits per heavy atom. The van der Waals surface area contributed by atoms with Crippen LogP contribution in [0.2, 0.25) is 0 Å². The molecule has 2 heterocycles. The molecule has 0 aromatic rings. The molecule has 2 rings (SSSR count). The van der Waals surface area contributed by atoms with Gasteiger partial charge >= 0.3 is 0 Å². The number of amides is 2. The van der Waals surface area contributed by atoms with Gasteiger partial charge in [-0.15, -0.1) is 0 Å². The molecule has 120 valence electrons. The Morgan fingerprint density at radius 3 is 2.62 bits per heavy atom. The zero-order valence-electron chi connectivity index (χ0n) is 11.9. The van der Waals surface area contributed by atoms with Crippen LogP contribution in [0, 0.1) is 0 Å². The molecule has 1 N–H and O–H groups in total. The first-order valence-electron chi connectivity index (χ1n) is 7.09. The van der Waals surface area contributed by atoms with E-state index < -0.39 is 10.0 Å². The van der Waals surface area contributed by atoms with Crippen LogP contribution < -0.4 is 5.32 Å². The lowest BCUT2D eigenvalue weighted by atomic mass is 10.3. The maximum Gasteiger partial charge on any atom is 0.223 e. The molecule has 0 radical (unpaired) electrons. The maximum absolute atomic E-state index is 12.1. The summed E-state index contributed by atoms with van der Waals surface area (Å²) in [6.45, 7) is 2.68. The minimum absolute atomic E-state index is 0.0477. The summed E-state index contributed by atoms with van der Waals surface area (Å²) in [4.78, 5) is 24.8. The second-order valence-electron chi connectivity index (χ2n) is 5.06. The molecule has 2 aliphatic heterocycles. The normalized spacial score (nSPS) is 21.7. The van der Waals surface area contributed by atoms with Crippen molar-refractivity contribution in [2.24, 2.45) is 0 Å². The summed E-state index contributed by atoms with van der Waals surface area (Å²) in [7, 11) is -3.41. The number of carbonyl (C=O) groups is 2. The van der Waals surface area contributed by atoms with Gasteiger partial charge in [-0.05, 0) is 0 Å². The van der Waals surface area contributed by atoms with E-state index in [1.165, 1.54) is 4.31 Å². The van der Waals surface area contributed by atoms with E-state index in [0.29, 0.717) is 45.9 Å². The number of hydrogen-bond acceptors (Lipinski definition) is 5. The first-order valence-corrected chi connectivity index (χ1v) is 8.70. The second-order valence-corrected chi connectivity index (χ2v) is 7.15. The van der Waals surface area contributed by atoms with Gasteiger partial charge in [-0.3, -0.25) is 9.59 Å². The van der Waals surface area contributed by atoms with E-state index in [1.807, 2.05) is 0 Å². The van der Waals surface area contributed by atoms with Gasteiger partial charge < -0.3 is 15.0 Å². The largest absolute Gasteiger partial charge is 0.379 e. The highest BCUT2D eigenvalue weighted by molar-refractivity contribution is 7.89. The Morgan fingerprint density at radius 1 is 1.19 bits per heavy atom. The van der Waals surface area contributed by atoms with E-state index >= 15 is 0 Å². The monoisotopic (exact) mass is 319 g/mol. The minimum Gasteiger partial charge on any atom is -0.379 e. The van der Waals surface area contributed by atoms with Crippen LogP contribution in [-0.4, -0.2) is 81.1 Å². The van der Waals surface area contributed by atoms with Crippen molar-refractivity contribution in [3.8, 4) is 0 Å². The summed E-state index contributed by atoms with van der Waals surface area (Å²) in [5, 5.41) is 2.68. The molecule has 8 nitrogen and oxygen atoms in total. The second kappa shape index (κ2) is 7.19. The minimum atomic E-state index is -3.41. The molecule has 2 saturated heterocycles. The predicted octanol–water partition coefficient (Wildman–Crippen LogP) is -1.61. The van der Waals surface area contributed by atoms with Crippen LogP contribution in [0.15, 0.2) is 0 Å². The van der Waals surface area contributed by atoms with Crippen LogP contribution in [-0.2, 0) is 24.3 Å². The third-order valence-corrected chi connectivity index (χ3v) is 5.47. The van der Waals surface area contributed by atoms with Gasteiger partial charge in [0.1, 0.15) is 0 Å². The summed E-state index contributed by atoms with van der Waals surface area (Å²) in [5.41, 5.74) is 0. The first-order chi connectivity index (χ1) is 9.99. The van der Waals surface area contributed by atoms with Crippen molar-refractivity contribution in [3.63, 3.8) is 0 Å². The number of hydrogen-bond donors (Lipinski definition) is 1. The first kappa shape index (κ1) is 16.2. The molecule has 0 bridgehead atoms. The molecule has 2 aliphatic rings. The molecule has 0 aromatic carbocycles. The summed E-state index contributed by atoms with van der Waals surface area (Å²) >= 11 is 0. The average molecular weight is 319 g/mol. The van der Waals surface area contributed by atoms with E-state index in [2.05, 4.69) is 5.32 Å². The number of sulfonamides is 1. The lowest BCUT2D eigenvalue weighted by molar-refractivity contribution is -0.130. The topological polar surface area (TPSA) is 96.0 Å². The fraction of sp³-hybridized carbons (Fsp3) is 0.833. The summed E-state index contributed by atoms with van der Waals surface area (Å²) < 4.78 is 30.7. The van der Waals surface area contributed by atoms with E-state index in [0.717, 1.165) is 0 Å². The van der Waals surface area contributed by atoms with Crippen molar-refractivity contribution in [2.75, 3.05) is 51.7 Å². The van der Waals surface area contributed by atoms with E-state index in [4.69, 9.17) is 4.74 Å². The molecule has 0 spiro atoms. The van der Waals surface area contributed by atoms with Crippen LogP contribution in [0.25, 0.3) is 0 Å². The van der Waals surface area contributed by atoms with Gasteiger partial charge in [0.25, 0.3) is 0 Å². The number of rotatable bonds is 4. The zero-order valence-corrected chi connectivity index (χ0v) is 12.7. The summed E-state index contributed by atoms with van der Waals surface area (Å²) in [6, 6.07) is 0. The lowest BCUT2D eigenvalue weighted by Crippen LogP contribution is -2.43. The Labute approximate surface area is 124 Å². The zero-order chi connectivity index (χ0) is 15.3. The van der Waals surface area contributed by atoms with Crippen molar-refractivity contribution in [2.45, 2.75) is 12.8 Å². The van der Waals surface area contributed by atoms with Crippen molar-refractivity contribution in [3.05, 3.63) is 0 Å². The molecule has 0 aliphatic carbocycles. The van der Waals surface area contributed by atoms with E-state index in [9.17, 15) is 18.0 Å². The molecule has 0 aromatic heterocycles. The number of nitrogens with one attached hydrogen (secondary N) is 1. The number of carbonyl (C=O) groups excluding carboxylic acids is 2. The lowest BCUT2D eigenvalue weighted by Gasteiger charge is -2.26. The van der Waals surface area contributed by atoms with Gasteiger partial charge in [-0.2, -0.15) is 4.31 Å². The van der Waals surface area contributed by atoms with Gasteiger partial charge in [-0.25, -0.2) is 8.42 Å². The standard InChI is InChI=1S/C12H21N3O5S/c16-11-1-4-14(5-3-13-11)12(17)2-10-21(18,19)15-6-8-20-9-7-15/h1-10H2,(H,13,16). The van der Waals surface area contributed by atoms with Crippen LogP contribution >= 0.6 is 0 Å². The molecular formula is C12H21N3O5S. The molecule has 9 heteroatoms. The van der Waals surface area contributed by atoms with Gasteiger partial charge in [-0.1, -0.05) is 0 Å². The smallest absolute Gasteiger partial charge is 0.223 e. The molecule has 2 amide bonds. The van der Waals surface area contributed by atoms with Gasteiger partial charge in [0.2, 0.25) is 21.8 Å². The van der Waals surface area contributed by atoms with Crippen LogP contribution in [0.1, 0.15) is 12.8 Å². The molecule has 21 heavy (non-hydrogen) atoms. The molecule has 0 unspecified atom stereocenters. The van der Waals surface area contributed by atoms with Crippen molar-refractivity contribution >= 4 is 21.8 Å². The Bertz CT molecular complexity index is 487. The van der Waals surface area contributed by atoms with Crippen LogP contribution in [0.5, 0.6) is 0 Å². The SMILES string of the molecule is O=C1CCN(C(=O)CCS(=O)(=O)N2CCOCC2)CCN1. The average Bonchev–Trinajstić information content (AvgIpc) is 2.70. The third kappa shape index (κ3) is 4.65. The Hall–Kier alpha value is -1.19. The van der Waals surface area contributed by atoms with Crippen molar-refractivity contribution in [1.82, 2.24) is 14.5 Å². The van der Waals surface area contributed by atoms with E-state index in [-0.39, 0.29) is 30.4 Å². The summed E-state index contributed by atoms with van der Waals surface area (Å²) in [6.07, 6.45) is 0.218. The van der Waals surface area contributed by atoms with Crippen molar-refractivity contribution in [1.29, 1.82) is 0 Å². The predicted molar refractivity (Wildman–Crippen MR) is 75.0 cm³/mol. The highest BCUT2D eigenvalue weighted by atomic mass is 32.2. The molecular weight excluding hydrogens is 298 g/mol. The molecule has 0 saturated carbocycles. The molecule has 2 fully saturated rings. The highest BCUT2D eigenvalue weighted by Gasteiger charge is 2.26. The third-order valence-electron chi connectivity index (χ3n) is 3.60. The highest BCUT2D eigenvalue weighted by Crippen LogP contribution is 2.08. The van der Waals surface area contributed by atoms with Crippen LogP contribution in [0.4, 0.5) is 0 Å². The van der Waals surface area contributed by atoms with Gasteiger partial charge in [0, 0.05) is 45.6 Å². The summed E-state index contributed by atoms with van der Waals surface area (Å²) in [5.74, 6) is -0.487. The van der Waals surface area contributed by atoms with Crippen molar-refractivity contribution < 1.29 is 22.7 Å².